The highest BCUT2D eigenvalue weighted by Crippen LogP contribution is 2.27. The zero-order chi connectivity index (χ0) is 18.2. The molecule has 7 nitrogen and oxygen atoms in total. The Bertz CT molecular complexity index is 740. The van der Waals surface area contributed by atoms with Gasteiger partial charge in [0.05, 0.1) is 19.2 Å². The van der Waals surface area contributed by atoms with Crippen LogP contribution in [0.5, 0.6) is 5.75 Å². The topological polar surface area (TPSA) is 101 Å². The fourth-order valence-electron chi connectivity index (χ4n) is 2.16. The molecule has 0 spiro atoms. The number of amides is 1. The van der Waals surface area contributed by atoms with Gasteiger partial charge in [0.2, 0.25) is 5.91 Å². The molecule has 1 aromatic carbocycles. The van der Waals surface area contributed by atoms with Crippen LogP contribution < -0.4 is 15.4 Å². The minimum absolute atomic E-state index is 0.245. The van der Waals surface area contributed by atoms with Crippen molar-refractivity contribution in [1.29, 1.82) is 0 Å². The molecule has 0 fully saturated rings. The number of hydrogen-bond donors (Lipinski definition) is 3. The van der Waals surface area contributed by atoms with Gasteiger partial charge < -0.3 is 15.2 Å². The summed E-state index contributed by atoms with van der Waals surface area (Å²) in [7, 11) is 1.47. The van der Waals surface area contributed by atoms with Gasteiger partial charge in [-0.25, -0.2) is 0 Å². The molecule has 0 aliphatic rings. The summed E-state index contributed by atoms with van der Waals surface area (Å²) in [5, 5.41) is 15.2. The molecule has 1 aromatic heterocycles. The molecule has 0 saturated carbocycles. The lowest BCUT2D eigenvalue weighted by Gasteiger charge is -2.15. The molecule has 1 atom stereocenters. The largest absolute Gasteiger partial charge is 0.495 e. The van der Waals surface area contributed by atoms with Gasteiger partial charge in [0.1, 0.15) is 11.8 Å². The lowest BCUT2D eigenvalue weighted by molar-refractivity contribution is -0.141. The van der Waals surface area contributed by atoms with Gasteiger partial charge in [-0.1, -0.05) is 17.7 Å². The van der Waals surface area contributed by atoms with Crippen LogP contribution in [0.4, 0.5) is 5.69 Å². The summed E-state index contributed by atoms with van der Waals surface area (Å²) in [5.41, 5.74) is 1.21. The van der Waals surface area contributed by atoms with Crippen LogP contribution >= 0.6 is 11.6 Å². The van der Waals surface area contributed by atoms with Crippen molar-refractivity contribution in [1.82, 2.24) is 10.3 Å². The molecular weight excluding hydrogens is 346 g/mol. The molecular formula is C17H18ClN3O4. The second-order valence-electron chi connectivity index (χ2n) is 5.23. The van der Waals surface area contributed by atoms with Gasteiger partial charge in [0, 0.05) is 24.0 Å². The van der Waals surface area contributed by atoms with E-state index in [0.717, 1.165) is 5.56 Å². The summed E-state index contributed by atoms with van der Waals surface area (Å²) >= 11 is 5.91. The number of nitrogens with one attached hydrogen (secondary N) is 2. The van der Waals surface area contributed by atoms with Crippen LogP contribution in [0.1, 0.15) is 12.0 Å². The van der Waals surface area contributed by atoms with Gasteiger partial charge in [-0.2, -0.15) is 0 Å². The number of benzene rings is 1. The number of carbonyl (C=O) groups is 2. The summed E-state index contributed by atoms with van der Waals surface area (Å²) < 4.78 is 5.15. The van der Waals surface area contributed by atoms with E-state index < -0.39 is 17.9 Å². The second-order valence-corrected chi connectivity index (χ2v) is 5.67. The van der Waals surface area contributed by atoms with Crippen molar-refractivity contribution in [3.8, 4) is 5.75 Å². The van der Waals surface area contributed by atoms with Crippen LogP contribution in [-0.2, 0) is 16.1 Å². The highest BCUT2D eigenvalue weighted by Gasteiger charge is 2.21. The van der Waals surface area contributed by atoms with Crippen LogP contribution in [0, 0.1) is 0 Å². The molecule has 0 saturated heterocycles. The summed E-state index contributed by atoms with van der Waals surface area (Å²) in [4.78, 5) is 27.5. The van der Waals surface area contributed by atoms with Crippen molar-refractivity contribution in [2.75, 3.05) is 12.4 Å². The average Bonchev–Trinajstić information content (AvgIpc) is 2.59. The van der Waals surface area contributed by atoms with E-state index in [-0.39, 0.29) is 6.42 Å². The van der Waals surface area contributed by atoms with Crippen LogP contribution in [0.25, 0.3) is 0 Å². The van der Waals surface area contributed by atoms with Gasteiger partial charge in [0.15, 0.2) is 0 Å². The molecule has 2 aromatic rings. The first-order chi connectivity index (χ1) is 12.0. The van der Waals surface area contributed by atoms with E-state index in [1.165, 1.54) is 13.2 Å². The third-order valence-corrected chi connectivity index (χ3v) is 3.63. The lowest BCUT2D eigenvalue weighted by atomic mass is 10.1. The predicted octanol–water partition coefficient (Wildman–Crippen LogP) is 2.32. The Balaban J connectivity index is 1.98. The molecule has 1 heterocycles. The van der Waals surface area contributed by atoms with Gasteiger partial charge >= 0.3 is 5.97 Å². The standard InChI is InChI=1S/C17H18ClN3O4/c1-25-15-5-4-12(18)7-13(15)21-16(22)8-14(17(23)24)20-10-11-3-2-6-19-9-11/h2-7,9,14,20H,8,10H2,1H3,(H,21,22)(H,23,24)/t14-/m0/s1. The third-order valence-electron chi connectivity index (χ3n) is 3.40. The van der Waals surface area contributed by atoms with Crippen LogP contribution in [0.3, 0.4) is 0 Å². The van der Waals surface area contributed by atoms with Crippen molar-refractivity contribution in [2.24, 2.45) is 0 Å². The number of anilines is 1. The first-order valence-electron chi connectivity index (χ1n) is 7.48. The molecule has 8 heteroatoms. The fourth-order valence-corrected chi connectivity index (χ4v) is 2.33. The van der Waals surface area contributed by atoms with Crippen LogP contribution in [0.15, 0.2) is 42.7 Å². The summed E-state index contributed by atoms with van der Waals surface area (Å²) in [6, 6.07) is 7.32. The number of halogens is 1. The molecule has 3 N–H and O–H groups in total. The Labute approximate surface area is 150 Å². The summed E-state index contributed by atoms with van der Waals surface area (Å²) in [6.45, 7) is 0.290. The maximum Gasteiger partial charge on any atom is 0.321 e. The third kappa shape index (κ3) is 5.74. The molecule has 132 valence electrons. The number of nitrogens with zero attached hydrogens (tertiary/aromatic N) is 1. The highest BCUT2D eigenvalue weighted by atomic mass is 35.5. The minimum Gasteiger partial charge on any atom is -0.495 e. The molecule has 0 aliphatic carbocycles. The summed E-state index contributed by atoms with van der Waals surface area (Å²) in [5.74, 6) is -1.14. The van der Waals surface area contributed by atoms with E-state index in [4.69, 9.17) is 16.3 Å². The van der Waals surface area contributed by atoms with Crippen molar-refractivity contribution in [3.05, 3.63) is 53.3 Å². The zero-order valence-electron chi connectivity index (χ0n) is 13.5. The van der Waals surface area contributed by atoms with Crippen molar-refractivity contribution in [3.63, 3.8) is 0 Å². The van der Waals surface area contributed by atoms with E-state index in [1.54, 1.807) is 30.6 Å². The average molecular weight is 364 g/mol. The Morgan fingerprint density at radius 3 is 2.80 bits per heavy atom. The van der Waals surface area contributed by atoms with Crippen molar-refractivity contribution >= 4 is 29.2 Å². The van der Waals surface area contributed by atoms with E-state index in [9.17, 15) is 14.7 Å². The molecule has 0 unspecified atom stereocenters. The van der Waals surface area contributed by atoms with E-state index in [2.05, 4.69) is 15.6 Å². The van der Waals surface area contributed by atoms with E-state index in [1.807, 2.05) is 6.07 Å². The van der Waals surface area contributed by atoms with Gasteiger partial charge in [-0.05, 0) is 29.8 Å². The predicted molar refractivity (Wildman–Crippen MR) is 93.8 cm³/mol. The van der Waals surface area contributed by atoms with Gasteiger partial charge in [-0.15, -0.1) is 0 Å². The number of aliphatic carboxylic acids is 1. The molecule has 25 heavy (non-hydrogen) atoms. The lowest BCUT2D eigenvalue weighted by Crippen LogP contribution is -2.39. The van der Waals surface area contributed by atoms with Crippen molar-refractivity contribution < 1.29 is 19.4 Å². The quantitative estimate of drug-likeness (QED) is 0.665. The van der Waals surface area contributed by atoms with E-state index in [0.29, 0.717) is 23.0 Å². The van der Waals surface area contributed by atoms with Gasteiger partial charge in [-0.3, -0.25) is 19.9 Å². The Hall–Kier alpha value is -2.64. The van der Waals surface area contributed by atoms with E-state index >= 15 is 0 Å². The normalized spacial score (nSPS) is 11.6. The molecule has 0 radical (unpaired) electrons. The first kappa shape index (κ1) is 18.7. The molecule has 0 aliphatic heterocycles. The number of methoxy groups -OCH3 is 1. The maximum absolute atomic E-state index is 12.2. The Morgan fingerprint density at radius 1 is 1.36 bits per heavy atom. The Kier molecular flexibility index (Phi) is 6.73. The van der Waals surface area contributed by atoms with Gasteiger partial charge in [0.25, 0.3) is 0 Å². The number of hydrogen-bond acceptors (Lipinski definition) is 5. The zero-order valence-corrected chi connectivity index (χ0v) is 14.3. The maximum atomic E-state index is 12.2. The SMILES string of the molecule is COc1ccc(Cl)cc1NC(=O)C[C@H](NCc1cccnc1)C(=O)O. The van der Waals surface area contributed by atoms with Crippen LogP contribution in [-0.4, -0.2) is 35.1 Å². The molecule has 1 amide bonds. The number of carboxylic acid groups (broad SMARTS) is 1. The number of carbonyl (C=O) groups excluding carboxylic acids is 1. The number of rotatable bonds is 8. The number of pyridine rings is 1. The number of aromatic nitrogens is 1. The second kappa shape index (κ2) is 9.00. The number of carboxylic acids is 1. The molecule has 0 bridgehead atoms. The smallest absolute Gasteiger partial charge is 0.321 e. The highest BCUT2D eigenvalue weighted by molar-refractivity contribution is 6.31. The number of ether oxygens (including phenoxy) is 1. The minimum atomic E-state index is -1.11. The monoisotopic (exact) mass is 363 g/mol. The first-order valence-corrected chi connectivity index (χ1v) is 7.86. The Morgan fingerprint density at radius 2 is 2.16 bits per heavy atom. The fraction of sp³-hybridized carbons (Fsp3) is 0.235. The molecule has 2 rings (SSSR count). The summed E-state index contributed by atoms with van der Waals surface area (Å²) in [6.07, 6.45) is 3.01. The van der Waals surface area contributed by atoms with Crippen molar-refractivity contribution in [2.45, 2.75) is 19.0 Å². The van der Waals surface area contributed by atoms with Crippen LogP contribution in [0.2, 0.25) is 5.02 Å².